The summed E-state index contributed by atoms with van der Waals surface area (Å²) in [7, 11) is 0. The fourth-order valence-corrected chi connectivity index (χ4v) is 5.80. The van der Waals surface area contributed by atoms with Crippen LogP contribution in [0.15, 0.2) is 25.8 Å². The fourth-order valence-electron chi connectivity index (χ4n) is 1.10. The van der Waals surface area contributed by atoms with E-state index in [0.717, 1.165) is 13.3 Å². The van der Waals surface area contributed by atoms with E-state index in [-0.39, 0.29) is 4.83 Å². The lowest BCUT2D eigenvalue weighted by Gasteiger charge is -2.05. The summed E-state index contributed by atoms with van der Waals surface area (Å²) in [5, 5.41) is 2.84. The van der Waals surface area contributed by atoms with Gasteiger partial charge in [0.1, 0.15) is 0 Å². The molecule has 6 heteroatoms. The van der Waals surface area contributed by atoms with E-state index >= 15 is 0 Å². The third-order valence-electron chi connectivity index (χ3n) is 1.79. The Hall–Kier alpha value is 1.13. The zero-order valence-electron chi connectivity index (χ0n) is 7.14. The Balaban J connectivity index is 2.36. The molecule has 0 aliphatic rings. The summed E-state index contributed by atoms with van der Waals surface area (Å²) >= 11 is 20.0. The molecule has 1 atom stereocenters. The molecule has 1 unspecified atom stereocenters. The lowest BCUT2D eigenvalue weighted by Crippen LogP contribution is -1.85. The second kappa shape index (κ2) is 5.19. The van der Waals surface area contributed by atoms with E-state index < -0.39 is 0 Å². The van der Waals surface area contributed by atoms with Crippen LogP contribution in [-0.2, 0) is 0 Å². The van der Waals surface area contributed by atoms with E-state index in [1.165, 1.54) is 9.75 Å². The predicted octanol–water partition coefficient (Wildman–Crippen LogP) is 6.47. The van der Waals surface area contributed by atoms with Crippen LogP contribution in [-0.4, -0.2) is 0 Å². The third-order valence-corrected chi connectivity index (χ3v) is 7.82. The first-order chi connectivity index (χ1) is 7.09. The second-order valence-electron chi connectivity index (χ2n) is 2.77. The van der Waals surface area contributed by atoms with Crippen molar-refractivity contribution in [3.8, 4) is 0 Å². The Bertz CT molecular complexity index is 458. The van der Waals surface area contributed by atoms with E-state index in [0.29, 0.717) is 0 Å². The van der Waals surface area contributed by atoms with Gasteiger partial charge in [0.15, 0.2) is 0 Å². The first kappa shape index (κ1) is 12.6. The van der Waals surface area contributed by atoms with Gasteiger partial charge in [0.05, 0.1) is 13.6 Å². The summed E-state index contributed by atoms with van der Waals surface area (Å²) in [5.74, 6) is 0. The maximum atomic E-state index is 6.01. The van der Waals surface area contributed by atoms with Gasteiger partial charge in [-0.25, -0.2) is 0 Å². The van der Waals surface area contributed by atoms with Crippen molar-refractivity contribution >= 4 is 82.1 Å². The minimum Gasteiger partial charge on any atom is -0.146 e. The van der Waals surface area contributed by atoms with Gasteiger partial charge in [0, 0.05) is 14.2 Å². The Morgan fingerprint density at radius 1 is 1.33 bits per heavy atom. The summed E-state index contributed by atoms with van der Waals surface area (Å²) in [6.45, 7) is 0. The van der Waals surface area contributed by atoms with Gasteiger partial charge in [-0.3, -0.25) is 0 Å². The lowest BCUT2D eigenvalue weighted by atomic mass is 10.3. The van der Waals surface area contributed by atoms with E-state index in [9.17, 15) is 0 Å². The van der Waals surface area contributed by atoms with Crippen LogP contribution in [0.4, 0.5) is 0 Å². The molecule has 0 aliphatic carbocycles. The molecule has 80 valence electrons. The highest BCUT2D eigenvalue weighted by Crippen LogP contribution is 2.44. The number of rotatable bonds is 2. The summed E-state index contributed by atoms with van der Waals surface area (Å²) in [5.41, 5.74) is 0. The van der Waals surface area contributed by atoms with Crippen LogP contribution in [0.2, 0.25) is 5.02 Å². The molecule has 0 saturated carbocycles. The molecule has 0 spiro atoms. The molecule has 0 N–H and O–H groups in total. The zero-order valence-corrected chi connectivity index (χ0v) is 14.3. The van der Waals surface area contributed by atoms with Crippen molar-refractivity contribution in [3.63, 3.8) is 0 Å². The lowest BCUT2D eigenvalue weighted by molar-refractivity contribution is 1.27. The zero-order chi connectivity index (χ0) is 11.0. The normalized spacial score (nSPS) is 13.1. The van der Waals surface area contributed by atoms with Gasteiger partial charge in [0.25, 0.3) is 0 Å². The van der Waals surface area contributed by atoms with Crippen LogP contribution < -0.4 is 0 Å². The number of halogens is 4. The number of alkyl halides is 1. The molecule has 0 nitrogen and oxygen atoms in total. The molecule has 15 heavy (non-hydrogen) atoms. The molecule has 2 rings (SSSR count). The molecule has 0 amide bonds. The van der Waals surface area contributed by atoms with Crippen LogP contribution in [0.1, 0.15) is 14.6 Å². The van der Waals surface area contributed by atoms with Crippen molar-refractivity contribution in [2.75, 3.05) is 0 Å². The standard InChI is InChI=1S/C9H4Br3ClS2/c10-4-1-2-14-8(4)7(11)6-3-5(13)9(12)15-6/h1-3,7H. The van der Waals surface area contributed by atoms with E-state index in [2.05, 4.69) is 59.2 Å². The van der Waals surface area contributed by atoms with Crippen molar-refractivity contribution < 1.29 is 0 Å². The molecule has 0 saturated heterocycles. The Morgan fingerprint density at radius 2 is 2.07 bits per heavy atom. The maximum absolute atomic E-state index is 6.01. The molecule has 2 aromatic heterocycles. The highest BCUT2D eigenvalue weighted by molar-refractivity contribution is 9.11. The minimum absolute atomic E-state index is 0.209. The van der Waals surface area contributed by atoms with E-state index in [1.54, 1.807) is 22.7 Å². The van der Waals surface area contributed by atoms with Crippen molar-refractivity contribution in [1.29, 1.82) is 0 Å². The van der Waals surface area contributed by atoms with Gasteiger partial charge < -0.3 is 0 Å². The van der Waals surface area contributed by atoms with Crippen molar-refractivity contribution in [1.82, 2.24) is 0 Å². The Kier molecular flexibility index (Phi) is 4.35. The first-order valence-electron chi connectivity index (χ1n) is 3.91. The predicted molar refractivity (Wildman–Crippen MR) is 79.8 cm³/mol. The molecular formula is C9H4Br3ClS2. The number of thiophene rings is 2. The third kappa shape index (κ3) is 2.69. The van der Waals surface area contributed by atoms with Crippen LogP contribution in [0.25, 0.3) is 0 Å². The smallest absolute Gasteiger partial charge is 0.0887 e. The summed E-state index contributed by atoms with van der Waals surface area (Å²) < 4.78 is 2.12. The highest BCUT2D eigenvalue weighted by Gasteiger charge is 2.18. The monoisotopic (exact) mass is 448 g/mol. The molecule has 0 radical (unpaired) electrons. The van der Waals surface area contributed by atoms with Crippen molar-refractivity contribution in [2.24, 2.45) is 0 Å². The second-order valence-corrected chi connectivity index (χ2v) is 8.29. The Morgan fingerprint density at radius 3 is 2.53 bits per heavy atom. The van der Waals surface area contributed by atoms with Crippen LogP contribution in [0.5, 0.6) is 0 Å². The summed E-state index contributed by atoms with van der Waals surface area (Å²) in [6, 6.07) is 4.04. The SMILES string of the molecule is Clc1cc(C(Br)c2sccc2Br)sc1Br. The number of hydrogen-bond donors (Lipinski definition) is 0. The average molecular weight is 451 g/mol. The fraction of sp³-hybridized carbons (Fsp3) is 0.111. The highest BCUT2D eigenvalue weighted by atomic mass is 79.9. The van der Waals surface area contributed by atoms with Crippen LogP contribution in [0, 0.1) is 0 Å². The maximum Gasteiger partial charge on any atom is 0.0887 e. The van der Waals surface area contributed by atoms with Gasteiger partial charge in [-0.05, 0) is 49.4 Å². The van der Waals surface area contributed by atoms with E-state index in [4.69, 9.17) is 11.6 Å². The summed E-state index contributed by atoms with van der Waals surface area (Å²) in [6.07, 6.45) is 0. The molecule has 0 bridgehead atoms. The largest absolute Gasteiger partial charge is 0.146 e. The average Bonchev–Trinajstić information content (AvgIpc) is 2.74. The van der Waals surface area contributed by atoms with Gasteiger partial charge >= 0.3 is 0 Å². The van der Waals surface area contributed by atoms with Gasteiger partial charge in [0.2, 0.25) is 0 Å². The molecule has 0 fully saturated rings. The van der Waals surface area contributed by atoms with Gasteiger partial charge in [-0.1, -0.05) is 27.5 Å². The quantitative estimate of drug-likeness (QED) is 0.459. The Labute approximate surface area is 126 Å². The molecule has 2 heterocycles. The number of hydrogen-bond acceptors (Lipinski definition) is 2. The van der Waals surface area contributed by atoms with Crippen LogP contribution in [0.3, 0.4) is 0 Å². The summed E-state index contributed by atoms with van der Waals surface area (Å²) in [4.78, 5) is 2.68. The van der Waals surface area contributed by atoms with Gasteiger partial charge in [-0.2, -0.15) is 0 Å². The minimum atomic E-state index is 0.209. The van der Waals surface area contributed by atoms with Crippen molar-refractivity contribution in [3.05, 3.63) is 40.5 Å². The van der Waals surface area contributed by atoms with Gasteiger partial charge in [-0.15, -0.1) is 22.7 Å². The first-order valence-corrected chi connectivity index (χ1v) is 8.49. The van der Waals surface area contributed by atoms with E-state index in [1.807, 2.05) is 6.07 Å². The molecule has 2 aromatic rings. The topological polar surface area (TPSA) is 0 Å². The van der Waals surface area contributed by atoms with Crippen LogP contribution >= 0.6 is 82.1 Å². The van der Waals surface area contributed by atoms with Crippen molar-refractivity contribution in [2.45, 2.75) is 4.83 Å². The molecule has 0 aliphatic heterocycles. The molecule has 0 aromatic carbocycles. The molecular weight excluding hydrogens is 447 g/mol.